The molecule has 0 radical (unpaired) electrons. The molecule has 0 aromatic heterocycles. The topological polar surface area (TPSA) is 52.6 Å². The van der Waals surface area contributed by atoms with Crippen LogP contribution in [0.4, 0.5) is 4.79 Å². The van der Waals surface area contributed by atoms with Gasteiger partial charge in [-0.3, -0.25) is 0 Å². The second kappa shape index (κ2) is 8.50. The quantitative estimate of drug-likeness (QED) is 0.782. The number of likely N-dealkylation sites (tertiary alicyclic amines) is 1. The number of nitrogens with one attached hydrogen (secondary N) is 1. The zero-order valence-electron chi connectivity index (χ0n) is 12.6. The van der Waals surface area contributed by atoms with Crippen molar-refractivity contribution in [2.75, 3.05) is 26.2 Å². The van der Waals surface area contributed by atoms with Gasteiger partial charge in [0, 0.05) is 26.2 Å². The lowest BCUT2D eigenvalue weighted by Crippen LogP contribution is -2.42. The Morgan fingerprint density at radius 2 is 1.65 bits per heavy atom. The zero-order chi connectivity index (χ0) is 14.2. The molecule has 0 aromatic rings. The van der Waals surface area contributed by atoms with E-state index in [1.165, 1.54) is 38.5 Å². The minimum atomic E-state index is 0.104. The molecule has 2 amide bonds. The van der Waals surface area contributed by atoms with E-state index in [0.29, 0.717) is 11.8 Å². The van der Waals surface area contributed by atoms with Gasteiger partial charge in [-0.1, -0.05) is 25.7 Å². The Morgan fingerprint density at radius 3 is 2.35 bits per heavy atom. The number of nitrogens with zero attached hydrogens (tertiary/aromatic N) is 1. The van der Waals surface area contributed by atoms with Gasteiger partial charge in [-0.25, -0.2) is 4.79 Å². The number of hydrogen-bond donors (Lipinski definition) is 2. The smallest absolute Gasteiger partial charge is 0.317 e. The van der Waals surface area contributed by atoms with Gasteiger partial charge in [0.15, 0.2) is 0 Å². The summed E-state index contributed by atoms with van der Waals surface area (Å²) in [6.45, 7) is 2.74. The Labute approximate surface area is 122 Å². The summed E-state index contributed by atoms with van der Waals surface area (Å²) in [4.78, 5) is 14.2. The van der Waals surface area contributed by atoms with Gasteiger partial charge in [0.05, 0.1) is 0 Å². The van der Waals surface area contributed by atoms with Crippen LogP contribution in [0, 0.1) is 11.8 Å². The molecule has 2 fully saturated rings. The van der Waals surface area contributed by atoms with E-state index < -0.39 is 0 Å². The first-order valence-electron chi connectivity index (χ1n) is 8.43. The molecule has 116 valence electrons. The molecular formula is C16H30N2O2. The highest BCUT2D eigenvalue weighted by Crippen LogP contribution is 2.22. The molecule has 1 saturated carbocycles. The van der Waals surface area contributed by atoms with Gasteiger partial charge in [0.1, 0.15) is 0 Å². The highest BCUT2D eigenvalue weighted by atomic mass is 16.3. The molecule has 0 bridgehead atoms. The summed E-state index contributed by atoms with van der Waals surface area (Å²) in [6.07, 6.45) is 10.9. The van der Waals surface area contributed by atoms with Crippen LogP contribution in [0.2, 0.25) is 0 Å². The summed E-state index contributed by atoms with van der Waals surface area (Å²) in [5, 5.41) is 12.4. The van der Waals surface area contributed by atoms with Gasteiger partial charge in [-0.15, -0.1) is 0 Å². The van der Waals surface area contributed by atoms with Crippen LogP contribution in [0.25, 0.3) is 0 Å². The van der Waals surface area contributed by atoms with Crippen LogP contribution in [-0.4, -0.2) is 42.3 Å². The molecular weight excluding hydrogens is 252 g/mol. The van der Waals surface area contributed by atoms with Crippen LogP contribution >= 0.6 is 0 Å². The first-order valence-corrected chi connectivity index (χ1v) is 8.43. The second-order valence-electron chi connectivity index (χ2n) is 6.51. The van der Waals surface area contributed by atoms with E-state index in [1.54, 1.807) is 0 Å². The van der Waals surface area contributed by atoms with Gasteiger partial charge in [-0.05, 0) is 43.9 Å². The lowest BCUT2D eigenvalue weighted by atomic mass is 10.0. The molecule has 1 aliphatic carbocycles. The molecule has 1 saturated heterocycles. The fraction of sp³-hybridized carbons (Fsp3) is 0.938. The minimum Gasteiger partial charge on any atom is -0.396 e. The number of aliphatic hydroxyl groups is 1. The van der Waals surface area contributed by atoms with Crippen LogP contribution in [0.5, 0.6) is 0 Å². The molecule has 2 aliphatic rings. The van der Waals surface area contributed by atoms with E-state index in [2.05, 4.69) is 5.32 Å². The molecule has 1 heterocycles. The number of hydrogen-bond acceptors (Lipinski definition) is 2. The molecule has 2 rings (SSSR count). The average Bonchev–Trinajstić information content (AvgIpc) is 2.87. The highest BCUT2D eigenvalue weighted by Gasteiger charge is 2.21. The van der Waals surface area contributed by atoms with E-state index in [0.717, 1.165) is 38.9 Å². The lowest BCUT2D eigenvalue weighted by Gasteiger charge is -2.23. The van der Waals surface area contributed by atoms with Crippen LogP contribution in [0.15, 0.2) is 0 Å². The van der Waals surface area contributed by atoms with E-state index in [9.17, 15) is 9.90 Å². The van der Waals surface area contributed by atoms with Crippen LogP contribution in [0.1, 0.15) is 57.8 Å². The summed E-state index contributed by atoms with van der Waals surface area (Å²) in [5.74, 6) is 1.06. The van der Waals surface area contributed by atoms with Gasteiger partial charge in [0.25, 0.3) is 0 Å². The third-order valence-electron chi connectivity index (χ3n) is 4.91. The maximum atomic E-state index is 12.2. The third-order valence-corrected chi connectivity index (χ3v) is 4.91. The average molecular weight is 282 g/mol. The largest absolute Gasteiger partial charge is 0.396 e. The van der Waals surface area contributed by atoms with Crippen LogP contribution in [-0.2, 0) is 0 Å². The van der Waals surface area contributed by atoms with E-state index in [-0.39, 0.29) is 12.6 Å². The first kappa shape index (κ1) is 15.6. The maximum Gasteiger partial charge on any atom is 0.317 e. The number of carbonyl (C=O) groups is 1. The van der Waals surface area contributed by atoms with Crippen molar-refractivity contribution in [1.82, 2.24) is 10.2 Å². The van der Waals surface area contributed by atoms with Gasteiger partial charge in [0.2, 0.25) is 0 Å². The highest BCUT2D eigenvalue weighted by molar-refractivity contribution is 5.74. The fourth-order valence-electron chi connectivity index (χ4n) is 3.46. The SMILES string of the molecule is O=C(NCC1CCCCCC1)N1CCCC(CO)CC1. The molecule has 1 unspecified atom stereocenters. The maximum absolute atomic E-state index is 12.2. The van der Waals surface area contributed by atoms with Crippen molar-refractivity contribution >= 4 is 6.03 Å². The number of urea groups is 1. The van der Waals surface area contributed by atoms with Crippen LogP contribution in [0.3, 0.4) is 0 Å². The molecule has 4 nitrogen and oxygen atoms in total. The van der Waals surface area contributed by atoms with Gasteiger partial charge in [-0.2, -0.15) is 0 Å². The number of aliphatic hydroxyl groups excluding tert-OH is 1. The Kier molecular flexibility index (Phi) is 6.64. The third kappa shape index (κ3) is 4.97. The predicted octanol–water partition coefficient (Wildman–Crippen LogP) is 2.76. The standard InChI is InChI=1S/C16H30N2O2/c19-13-15-8-5-10-18(11-9-15)16(20)17-12-14-6-3-1-2-4-7-14/h14-15,19H,1-13H2,(H,17,20). The Morgan fingerprint density at radius 1 is 0.950 bits per heavy atom. The number of rotatable bonds is 3. The second-order valence-corrected chi connectivity index (χ2v) is 6.51. The zero-order valence-corrected chi connectivity index (χ0v) is 12.6. The van der Waals surface area contributed by atoms with E-state index in [1.807, 2.05) is 4.90 Å². The van der Waals surface area contributed by atoms with Crippen molar-refractivity contribution in [2.24, 2.45) is 11.8 Å². The number of amides is 2. The number of carbonyl (C=O) groups excluding carboxylic acids is 1. The van der Waals surface area contributed by atoms with E-state index >= 15 is 0 Å². The first-order chi connectivity index (χ1) is 9.79. The monoisotopic (exact) mass is 282 g/mol. The molecule has 1 aliphatic heterocycles. The fourth-order valence-corrected chi connectivity index (χ4v) is 3.46. The lowest BCUT2D eigenvalue weighted by molar-refractivity contribution is 0.191. The molecule has 2 N–H and O–H groups in total. The van der Waals surface area contributed by atoms with Crippen molar-refractivity contribution in [3.8, 4) is 0 Å². The van der Waals surface area contributed by atoms with Crippen molar-refractivity contribution in [3.63, 3.8) is 0 Å². The van der Waals surface area contributed by atoms with Gasteiger partial charge >= 0.3 is 6.03 Å². The Bertz CT molecular complexity index is 288. The van der Waals surface area contributed by atoms with Crippen molar-refractivity contribution in [1.29, 1.82) is 0 Å². The van der Waals surface area contributed by atoms with E-state index in [4.69, 9.17) is 0 Å². The summed E-state index contributed by atoms with van der Waals surface area (Å²) < 4.78 is 0. The molecule has 4 heteroatoms. The molecule has 0 spiro atoms. The predicted molar refractivity (Wildman–Crippen MR) is 80.6 cm³/mol. The molecule has 20 heavy (non-hydrogen) atoms. The summed E-state index contributed by atoms with van der Waals surface area (Å²) >= 11 is 0. The van der Waals surface area contributed by atoms with Crippen LogP contribution < -0.4 is 5.32 Å². The van der Waals surface area contributed by atoms with Crippen molar-refractivity contribution in [2.45, 2.75) is 57.8 Å². The molecule has 0 aromatic carbocycles. The Hall–Kier alpha value is -0.770. The minimum absolute atomic E-state index is 0.104. The molecule has 1 atom stereocenters. The summed E-state index contributed by atoms with van der Waals surface area (Å²) in [6, 6.07) is 0.104. The van der Waals surface area contributed by atoms with Crippen molar-refractivity contribution < 1.29 is 9.90 Å². The van der Waals surface area contributed by atoms with Gasteiger partial charge < -0.3 is 15.3 Å². The summed E-state index contributed by atoms with van der Waals surface area (Å²) in [5.41, 5.74) is 0. The Balaban J connectivity index is 1.70. The summed E-state index contributed by atoms with van der Waals surface area (Å²) in [7, 11) is 0. The van der Waals surface area contributed by atoms with Crippen molar-refractivity contribution in [3.05, 3.63) is 0 Å². The normalized spacial score (nSPS) is 25.9.